The molecular weight excluding hydrogens is 374 g/mol. The van der Waals surface area contributed by atoms with Gasteiger partial charge in [0.05, 0.1) is 6.54 Å². The second-order valence-electron chi connectivity index (χ2n) is 7.25. The maximum atomic E-state index is 12.2. The molecule has 0 aliphatic heterocycles. The number of carboxylic acids is 1. The van der Waals surface area contributed by atoms with Gasteiger partial charge in [0.2, 0.25) is 5.88 Å². The molecule has 3 rings (SSSR count). The maximum absolute atomic E-state index is 12.2. The average molecular weight is 398 g/mol. The van der Waals surface area contributed by atoms with Crippen molar-refractivity contribution in [1.82, 2.24) is 15.2 Å². The van der Waals surface area contributed by atoms with Crippen molar-refractivity contribution in [2.45, 2.75) is 44.2 Å². The van der Waals surface area contributed by atoms with Gasteiger partial charge in [-0.15, -0.1) is 0 Å². The molecule has 1 aromatic heterocycles. The highest BCUT2D eigenvalue weighted by atomic mass is 19.3. The quantitative estimate of drug-likeness (QED) is 0.558. The minimum atomic E-state index is -2.60. The zero-order valence-electron chi connectivity index (χ0n) is 15.3. The Kier molecular flexibility index (Phi) is 6.61. The van der Waals surface area contributed by atoms with Gasteiger partial charge >= 0.3 is 12.0 Å². The third-order valence-electron chi connectivity index (χ3n) is 4.82. The van der Waals surface area contributed by atoms with Gasteiger partial charge in [0.1, 0.15) is 5.82 Å². The average Bonchev–Trinajstić information content (AvgIpc) is 3.39. The fourth-order valence-electron chi connectivity index (χ4n) is 3.20. The number of hydrogen-bond acceptors (Lipinski definition) is 5. The molecule has 154 valence electrons. The Labute approximate surface area is 161 Å². The zero-order valence-corrected chi connectivity index (χ0v) is 15.3. The van der Waals surface area contributed by atoms with Crippen LogP contribution >= 0.6 is 0 Å². The number of hydrogen-bond donors (Lipinski definition) is 3. The van der Waals surface area contributed by atoms with Gasteiger partial charge in [-0.05, 0) is 37.7 Å². The molecule has 28 heavy (non-hydrogen) atoms. The second kappa shape index (κ2) is 9.13. The van der Waals surface area contributed by atoms with E-state index in [-0.39, 0.29) is 30.3 Å². The van der Waals surface area contributed by atoms with Crippen LogP contribution in [0.1, 0.15) is 25.7 Å². The number of aliphatic carboxylic acids is 1. The highest BCUT2D eigenvalue weighted by molar-refractivity contribution is 5.88. The predicted molar refractivity (Wildman–Crippen MR) is 96.6 cm³/mol. The van der Waals surface area contributed by atoms with Crippen LogP contribution in [0.25, 0.3) is 0 Å². The van der Waals surface area contributed by atoms with Crippen LogP contribution in [0.4, 0.5) is 19.4 Å². The monoisotopic (exact) mass is 398 g/mol. The number of carbonyl (C=O) groups is 2. The van der Waals surface area contributed by atoms with Crippen molar-refractivity contribution in [1.29, 1.82) is 0 Å². The smallest absolute Gasteiger partial charge is 0.320 e. The molecule has 2 saturated carbocycles. The van der Waals surface area contributed by atoms with Crippen LogP contribution in [0.5, 0.6) is 5.88 Å². The Morgan fingerprint density at radius 1 is 1.32 bits per heavy atom. The Bertz CT molecular complexity index is 696. The molecule has 1 aromatic rings. The molecule has 0 aromatic carbocycles. The van der Waals surface area contributed by atoms with E-state index < -0.39 is 25.0 Å². The van der Waals surface area contributed by atoms with Crippen molar-refractivity contribution < 1.29 is 28.2 Å². The number of carbonyl (C=O) groups excluding carboxylic acids is 1. The highest BCUT2D eigenvalue weighted by Gasteiger charge is 2.37. The Hall–Kier alpha value is -2.49. The lowest BCUT2D eigenvalue weighted by atomic mass is 9.85. The van der Waals surface area contributed by atoms with Crippen molar-refractivity contribution in [2.75, 3.05) is 25.0 Å². The SMILES string of the molecule is O=C(O)CN(CC1CC1)C1CC(NC(=O)Nc2cccc(OCC(F)F)n2)C1. The van der Waals surface area contributed by atoms with Crippen molar-refractivity contribution in [3.63, 3.8) is 0 Å². The number of aromatic nitrogens is 1. The number of urea groups is 1. The van der Waals surface area contributed by atoms with Gasteiger partial charge in [-0.25, -0.2) is 13.6 Å². The Morgan fingerprint density at radius 2 is 2.07 bits per heavy atom. The summed E-state index contributed by atoms with van der Waals surface area (Å²) >= 11 is 0. The number of alkyl halides is 2. The number of nitrogens with one attached hydrogen (secondary N) is 2. The summed E-state index contributed by atoms with van der Waals surface area (Å²) in [7, 11) is 0. The third-order valence-corrected chi connectivity index (χ3v) is 4.82. The molecule has 1 heterocycles. The molecule has 0 saturated heterocycles. The second-order valence-corrected chi connectivity index (χ2v) is 7.25. The van der Waals surface area contributed by atoms with Crippen molar-refractivity contribution in [3.8, 4) is 5.88 Å². The van der Waals surface area contributed by atoms with Crippen LogP contribution in [0.3, 0.4) is 0 Å². The normalized spacial score (nSPS) is 21.3. The molecule has 0 bridgehead atoms. The number of anilines is 1. The van der Waals surface area contributed by atoms with Gasteiger partial charge in [-0.2, -0.15) is 4.98 Å². The number of ether oxygens (including phenoxy) is 1. The lowest BCUT2D eigenvalue weighted by Gasteiger charge is -2.42. The minimum Gasteiger partial charge on any atom is -0.480 e. The number of rotatable bonds is 10. The summed E-state index contributed by atoms with van der Waals surface area (Å²) in [6.45, 7) is 0.0560. The van der Waals surface area contributed by atoms with Crippen LogP contribution in [-0.2, 0) is 4.79 Å². The molecule has 0 spiro atoms. The van der Waals surface area contributed by atoms with E-state index in [1.807, 2.05) is 4.90 Å². The van der Waals surface area contributed by atoms with Crippen LogP contribution in [0.2, 0.25) is 0 Å². The summed E-state index contributed by atoms with van der Waals surface area (Å²) < 4.78 is 29.2. The van der Waals surface area contributed by atoms with Gasteiger partial charge in [-0.3, -0.25) is 15.0 Å². The van der Waals surface area contributed by atoms with E-state index in [0.717, 1.165) is 19.4 Å². The number of halogens is 2. The molecule has 2 amide bonds. The fourth-order valence-corrected chi connectivity index (χ4v) is 3.20. The topological polar surface area (TPSA) is 104 Å². The summed E-state index contributed by atoms with van der Waals surface area (Å²) in [6, 6.07) is 4.17. The molecule has 8 nitrogen and oxygen atoms in total. The molecule has 2 aliphatic carbocycles. The first-order chi connectivity index (χ1) is 13.4. The Balaban J connectivity index is 1.42. The summed E-state index contributed by atoms with van der Waals surface area (Å²) in [5.41, 5.74) is 0. The van der Waals surface area contributed by atoms with Gasteiger partial charge in [-0.1, -0.05) is 6.07 Å². The molecule has 0 radical (unpaired) electrons. The maximum Gasteiger partial charge on any atom is 0.320 e. The van der Waals surface area contributed by atoms with Crippen molar-refractivity contribution in [2.24, 2.45) is 5.92 Å². The molecule has 3 N–H and O–H groups in total. The summed E-state index contributed by atoms with van der Waals surface area (Å²) in [5.74, 6) is -0.0392. The zero-order chi connectivity index (χ0) is 20.1. The minimum absolute atomic E-state index is 0.00574. The van der Waals surface area contributed by atoms with E-state index in [0.29, 0.717) is 18.8 Å². The lowest BCUT2D eigenvalue weighted by molar-refractivity contribution is -0.139. The molecule has 2 fully saturated rings. The van der Waals surface area contributed by atoms with Crippen LogP contribution in [0, 0.1) is 5.92 Å². The predicted octanol–water partition coefficient (Wildman–Crippen LogP) is 2.17. The van der Waals surface area contributed by atoms with E-state index in [2.05, 4.69) is 15.6 Å². The molecular formula is C18H24F2N4O4. The van der Waals surface area contributed by atoms with E-state index in [1.165, 1.54) is 12.1 Å². The van der Waals surface area contributed by atoms with Gasteiger partial charge in [0, 0.05) is 24.7 Å². The van der Waals surface area contributed by atoms with E-state index >= 15 is 0 Å². The van der Waals surface area contributed by atoms with Crippen LogP contribution in [0.15, 0.2) is 18.2 Å². The summed E-state index contributed by atoms with van der Waals surface area (Å²) in [6.07, 6.45) is 1.09. The van der Waals surface area contributed by atoms with Crippen LogP contribution < -0.4 is 15.4 Å². The molecule has 0 atom stereocenters. The van der Waals surface area contributed by atoms with Crippen molar-refractivity contribution >= 4 is 17.8 Å². The van der Waals surface area contributed by atoms with Gasteiger partial charge in [0.25, 0.3) is 6.43 Å². The van der Waals surface area contributed by atoms with E-state index in [4.69, 9.17) is 9.84 Å². The van der Waals surface area contributed by atoms with Crippen LogP contribution in [-0.4, -0.2) is 65.2 Å². The number of pyridine rings is 1. The summed E-state index contributed by atoms with van der Waals surface area (Å²) in [4.78, 5) is 29.1. The summed E-state index contributed by atoms with van der Waals surface area (Å²) in [5, 5.41) is 14.4. The first-order valence-electron chi connectivity index (χ1n) is 9.30. The third kappa shape index (κ3) is 6.29. The number of nitrogens with zero attached hydrogens (tertiary/aromatic N) is 2. The first-order valence-corrected chi connectivity index (χ1v) is 9.30. The molecule has 0 unspecified atom stereocenters. The molecule has 2 aliphatic rings. The van der Waals surface area contributed by atoms with E-state index in [1.54, 1.807) is 6.07 Å². The Morgan fingerprint density at radius 3 is 2.71 bits per heavy atom. The van der Waals surface area contributed by atoms with Gasteiger partial charge < -0.3 is 15.2 Å². The largest absolute Gasteiger partial charge is 0.480 e. The lowest BCUT2D eigenvalue weighted by Crippen LogP contribution is -2.55. The molecule has 10 heteroatoms. The standard InChI is InChI=1S/C18H24F2N4O4/c19-14(20)10-28-16-3-1-2-15(22-16)23-18(27)21-12-6-13(7-12)24(9-17(25)26)8-11-4-5-11/h1-3,11-14H,4-10H2,(H,25,26)(H2,21,22,23,27). The van der Waals surface area contributed by atoms with Crippen molar-refractivity contribution in [3.05, 3.63) is 18.2 Å². The van der Waals surface area contributed by atoms with E-state index in [9.17, 15) is 18.4 Å². The number of carboxylic acid groups (broad SMARTS) is 1. The van der Waals surface area contributed by atoms with Gasteiger partial charge in [0.15, 0.2) is 6.61 Å². The highest BCUT2D eigenvalue weighted by Crippen LogP contribution is 2.33. The number of amides is 2. The fraction of sp³-hybridized carbons (Fsp3) is 0.611. The first kappa shape index (κ1) is 20.2.